The van der Waals surface area contributed by atoms with Crippen molar-refractivity contribution in [1.29, 1.82) is 0 Å². The van der Waals surface area contributed by atoms with Gasteiger partial charge in [0.2, 0.25) is 11.8 Å². The third kappa shape index (κ3) is 7.89. The summed E-state index contributed by atoms with van der Waals surface area (Å²) in [5.41, 5.74) is 2.40. The summed E-state index contributed by atoms with van der Waals surface area (Å²) in [7, 11) is 0. The minimum atomic E-state index is -0.250. The number of hydrogen-bond donors (Lipinski definition) is 4. The first-order valence-corrected chi connectivity index (χ1v) is 18.8. The number of carbonyl (C=O) groups is 2. The Kier molecular flexibility index (Phi) is 12.2. The summed E-state index contributed by atoms with van der Waals surface area (Å²) in [6.07, 6.45) is 9.05. The molecule has 8 rings (SSSR count). The SMILES string of the molecule is CCC1N(ON=O)C12CCNCC2.O=C1N(Cc2ccccc2)CCC12CCNCC2.O=C1NCN(CCc2ccccc2)C12CCNCC2. The van der Waals surface area contributed by atoms with Crippen molar-refractivity contribution in [2.24, 2.45) is 10.8 Å². The molecule has 6 saturated heterocycles. The minimum Gasteiger partial charge on any atom is -0.342 e. The lowest BCUT2D eigenvalue weighted by Crippen LogP contribution is -2.55. The van der Waals surface area contributed by atoms with E-state index in [4.69, 9.17) is 4.94 Å². The van der Waals surface area contributed by atoms with E-state index in [2.05, 4.69) is 74.8 Å². The van der Waals surface area contributed by atoms with Gasteiger partial charge in [-0.2, -0.15) is 0 Å². The zero-order valence-electron chi connectivity index (χ0n) is 29.7. The van der Waals surface area contributed by atoms with Gasteiger partial charge < -0.3 is 26.2 Å². The fourth-order valence-electron chi connectivity index (χ4n) is 8.97. The Hall–Kier alpha value is -3.42. The third-order valence-electron chi connectivity index (χ3n) is 12.0. The van der Waals surface area contributed by atoms with Gasteiger partial charge in [-0.15, -0.1) is 9.97 Å². The van der Waals surface area contributed by atoms with E-state index < -0.39 is 0 Å². The Morgan fingerprint density at radius 3 is 1.96 bits per heavy atom. The smallest absolute Gasteiger partial charge is 0.241 e. The lowest BCUT2D eigenvalue weighted by molar-refractivity contribution is -0.137. The molecule has 2 atom stereocenters. The van der Waals surface area contributed by atoms with Gasteiger partial charge in [-0.3, -0.25) is 19.4 Å². The van der Waals surface area contributed by atoms with Gasteiger partial charge in [0.25, 0.3) is 0 Å². The maximum absolute atomic E-state index is 12.6. The normalized spacial score (nSPS) is 26.1. The Bertz CT molecular complexity index is 1390. The molecule has 6 aliphatic heterocycles. The molecule has 4 N–H and O–H groups in total. The van der Waals surface area contributed by atoms with Gasteiger partial charge in [-0.05, 0) is 108 Å². The number of nitrogens with one attached hydrogen (secondary N) is 4. The van der Waals surface area contributed by atoms with E-state index in [1.165, 1.54) is 11.1 Å². The second-order valence-electron chi connectivity index (χ2n) is 14.7. The van der Waals surface area contributed by atoms with Gasteiger partial charge in [0.05, 0.1) is 23.7 Å². The first-order chi connectivity index (χ1) is 24.5. The van der Waals surface area contributed by atoms with Crippen LogP contribution in [-0.2, 0) is 27.5 Å². The molecule has 6 fully saturated rings. The summed E-state index contributed by atoms with van der Waals surface area (Å²) < 4.78 is 0. The van der Waals surface area contributed by atoms with E-state index in [-0.39, 0.29) is 22.4 Å². The Morgan fingerprint density at radius 1 is 0.780 bits per heavy atom. The highest BCUT2D eigenvalue weighted by atomic mass is 16.9. The molecule has 50 heavy (non-hydrogen) atoms. The first kappa shape index (κ1) is 36.4. The molecule has 2 amide bonds. The number of hydrogen-bond acceptors (Lipinski definition) is 10. The first-order valence-electron chi connectivity index (χ1n) is 18.8. The van der Waals surface area contributed by atoms with Crippen LogP contribution in [0, 0.1) is 10.3 Å². The number of piperidine rings is 3. The molecule has 12 heteroatoms. The molecule has 2 aromatic rings. The second-order valence-corrected chi connectivity index (χ2v) is 14.7. The van der Waals surface area contributed by atoms with Crippen molar-refractivity contribution in [1.82, 2.24) is 36.1 Å². The third-order valence-corrected chi connectivity index (χ3v) is 12.0. The Labute approximate surface area is 296 Å². The summed E-state index contributed by atoms with van der Waals surface area (Å²) in [6, 6.07) is 21.2. The summed E-state index contributed by atoms with van der Waals surface area (Å²) >= 11 is 0. The van der Waals surface area contributed by atoms with Gasteiger partial charge >= 0.3 is 0 Å². The van der Waals surface area contributed by atoms with E-state index >= 15 is 0 Å². The number of hydroxylamine groups is 2. The lowest BCUT2D eigenvalue weighted by Gasteiger charge is -2.38. The number of carbonyl (C=O) groups excluding carboxylic acids is 2. The van der Waals surface area contributed by atoms with Crippen LogP contribution in [0.15, 0.2) is 66.0 Å². The quantitative estimate of drug-likeness (QED) is 0.188. The van der Waals surface area contributed by atoms with Crippen LogP contribution in [-0.4, -0.2) is 103 Å². The van der Waals surface area contributed by atoms with Crippen molar-refractivity contribution < 1.29 is 14.5 Å². The fourth-order valence-corrected chi connectivity index (χ4v) is 8.97. The van der Waals surface area contributed by atoms with Crippen molar-refractivity contribution in [3.05, 3.63) is 76.7 Å². The summed E-state index contributed by atoms with van der Waals surface area (Å²) in [5.74, 6) is 0.606. The van der Waals surface area contributed by atoms with Crippen LogP contribution in [0.5, 0.6) is 0 Å². The van der Waals surface area contributed by atoms with Crippen LogP contribution in [0.25, 0.3) is 0 Å². The molecule has 6 aliphatic rings. The van der Waals surface area contributed by atoms with Crippen molar-refractivity contribution in [2.75, 3.05) is 59.0 Å². The van der Waals surface area contributed by atoms with E-state index in [1.807, 2.05) is 29.2 Å². The number of likely N-dealkylation sites (tertiary alicyclic amines) is 1. The predicted molar refractivity (Wildman–Crippen MR) is 193 cm³/mol. The van der Waals surface area contributed by atoms with Crippen LogP contribution >= 0.6 is 0 Å². The molecule has 0 saturated carbocycles. The second kappa shape index (κ2) is 16.7. The van der Waals surface area contributed by atoms with Crippen LogP contribution in [0.2, 0.25) is 0 Å². The molecular formula is C38H56N8O4. The van der Waals surface area contributed by atoms with Crippen LogP contribution in [0.4, 0.5) is 0 Å². The van der Waals surface area contributed by atoms with Crippen molar-refractivity contribution in [2.45, 2.75) is 88.4 Å². The number of amides is 2. The number of rotatable bonds is 8. The highest BCUT2D eigenvalue weighted by Gasteiger charge is 2.64. The summed E-state index contributed by atoms with van der Waals surface area (Å²) in [6.45, 7) is 11.3. The van der Waals surface area contributed by atoms with E-state index in [1.54, 1.807) is 5.06 Å². The van der Waals surface area contributed by atoms with Gasteiger partial charge in [-0.25, -0.2) is 0 Å². The van der Waals surface area contributed by atoms with Gasteiger partial charge in [0.1, 0.15) is 5.54 Å². The molecule has 2 unspecified atom stereocenters. The molecule has 6 heterocycles. The topological polar surface area (TPSA) is 130 Å². The minimum absolute atomic E-state index is 0.0416. The van der Waals surface area contributed by atoms with Crippen molar-refractivity contribution in [3.63, 3.8) is 0 Å². The van der Waals surface area contributed by atoms with Crippen LogP contribution < -0.4 is 21.3 Å². The molecular weight excluding hydrogens is 632 g/mol. The van der Waals surface area contributed by atoms with Gasteiger partial charge in [0, 0.05) is 19.6 Å². The van der Waals surface area contributed by atoms with Crippen molar-refractivity contribution >= 4 is 11.8 Å². The maximum atomic E-state index is 12.6. The number of nitrogens with zero attached hydrogens (tertiary/aromatic N) is 4. The van der Waals surface area contributed by atoms with E-state index in [0.29, 0.717) is 18.6 Å². The number of benzene rings is 2. The van der Waals surface area contributed by atoms with Gasteiger partial charge in [-0.1, -0.05) is 67.6 Å². The fraction of sp³-hybridized carbons (Fsp3) is 0.632. The molecule has 0 bridgehead atoms. The highest BCUT2D eigenvalue weighted by molar-refractivity contribution is 5.88. The maximum Gasteiger partial charge on any atom is 0.241 e. The zero-order chi connectivity index (χ0) is 34.9. The average Bonchev–Trinajstić information content (AvgIpc) is 3.48. The van der Waals surface area contributed by atoms with Crippen LogP contribution in [0.1, 0.15) is 69.4 Å². The monoisotopic (exact) mass is 688 g/mol. The molecule has 12 nitrogen and oxygen atoms in total. The highest BCUT2D eigenvalue weighted by Crippen LogP contribution is 2.49. The largest absolute Gasteiger partial charge is 0.342 e. The molecule has 0 aliphatic carbocycles. The lowest BCUT2D eigenvalue weighted by atomic mass is 9.78. The summed E-state index contributed by atoms with van der Waals surface area (Å²) in [4.78, 5) is 43.9. The Balaban J connectivity index is 0.000000132. The van der Waals surface area contributed by atoms with E-state index in [0.717, 1.165) is 117 Å². The summed E-state index contributed by atoms with van der Waals surface area (Å²) in [5, 5.41) is 17.3. The van der Waals surface area contributed by atoms with E-state index in [9.17, 15) is 14.5 Å². The van der Waals surface area contributed by atoms with Gasteiger partial charge in [0.15, 0.2) is 5.34 Å². The molecule has 0 aromatic heterocycles. The average molecular weight is 689 g/mol. The predicted octanol–water partition coefficient (Wildman–Crippen LogP) is 3.35. The molecule has 272 valence electrons. The molecule has 3 spiro atoms. The zero-order valence-corrected chi connectivity index (χ0v) is 29.7. The Morgan fingerprint density at radius 2 is 1.36 bits per heavy atom. The van der Waals surface area contributed by atoms with Crippen LogP contribution in [0.3, 0.4) is 0 Å². The molecule has 2 aromatic carbocycles. The standard InChI is InChI=1S/C15H21N3O.C15H20N2O.C8H15N3O2/c19-14-15(7-9-16-10-8-15)18(12-17-14)11-6-13-4-2-1-3-5-13;18-14-15(6-9-16-10-7-15)8-11-17(14)12-13-4-2-1-3-5-13;1-2-7-8(11(7)13-10-12)3-5-9-6-4-8/h1-5,16H,6-12H2,(H,17,19);1-5,16H,6-12H2;7,9H,2-6H2,1H3. The molecule has 0 radical (unpaired) electrons. The van der Waals surface area contributed by atoms with Crippen molar-refractivity contribution in [3.8, 4) is 0 Å².